The van der Waals surface area contributed by atoms with Crippen LogP contribution in [-0.4, -0.2) is 55.0 Å². The molecule has 6 nitrogen and oxygen atoms in total. The number of carbonyl (C=O) groups is 1. The third-order valence-corrected chi connectivity index (χ3v) is 3.28. The average molecular weight is 273 g/mol. The summed E-state index contributed by atoms with van der Waals surface area (Å²) in [4.78, 5) is 13.1. The molecule has 0 radical (unpaired) electrons. The Balaban J connectivity index is 2.80. The van der Waals surface area contributed by atoms with Crippen LogP contribution >= 0.6 is 0 Å². The number of amides is 1. The Morgan fingerprint density at radius 2 is 1.94 bits per heavy atom. The molecular weight excluding hydrogens is 258 g/mol. The van der Waals surface area contributed by atoms with Crippen LogP contribution in [0.25, 0.3) is 0 Å². The van der Waals surface area contributed by atoms with Gasteiger partial charge in [-0.25, -0.2) is 8.42 Å². The molecule has 0 aliphatic carbocycles. The Hall–Kier alpha value is -1.76. The van der Waals surface area contributed by atoms with E-state index in [1.807, 2.05) is 0 Å². The summed E-state index contributed by atoms with van der Waals surface area (Å²) in [5.41, 5.74) is 0.0174. The second-order valence-corrected chi connectivity index (χ2v) is 6.32. The van der Waals surface area contributed by atoms with E-state index in [1.54, 1.807) is 0 Å². The Labute approximate surface area is 105 Å². The number of hydrogen-bond donors (Lipinski definition) is 2. The lowest BCUT2D eigenvalue weighted by atomic mass is 10.1. The van der Waals surface area contributed by atoms with Crippen molar-refractivity contribution in [2.24, 2.45) is 0 Å². The highest BCUT2D eigenvalue weighted by atomic mass is 32.2. The number of rotatable bonds is 4. The van der Waals surface area contributed by atoms with Crippen molar-refractivity contribution in [3.8, 4) is 11.5 Å². The number of phenols is 2. The van der Waals surface area contributed by atoms with Crippen LogP contribution in [0.5, 0.6) is 11.5 Å². The van der Waals surface area contributed by atoms with Crippen molar-refractivity contribution in [1.82, 2.24) is 4.90 Å². The first-order valence-electron chi connectivity index (χ1n) is 5.16. The van der Waals surface area contributed by atoms with Crippen molar-refractivity contribution in [3.05, 3.63) is 23.8 Å². The average Bonchev–Trinajstić information content (AvgIpc) is 2.24. The molecule has 2 N–H and O–H groups in total. The zero-order valence-corrected chi connectivity index (χ0v) is 10.9. The highest BCUT2D eigenvalue weighted by molar-refractivity contribution is 7.90. The Morgan fingerprint density at radius 3 is 2.44 bits per heavy atom. The number of nitrogens with zero attached hydrogens (tertiary/aromatic N) is 1. The minimum Gasteiger partial charge on any atom is -0.508 e. The Kier molecular flexibility index (Phi) is 4.18. The van der Waals surface area contributed by atoms with Crippen LogP contribution in [0.3, 0.4) is 0 Å². The molecule has 0 bridgehead atoms. The van der Waals surface area contributed by atoms with Gasteiger partial charge in [0.2, 0.25) is 0 Å². The van der Waals surface area contributed by atoms with Crippen molar-refractivity contribution < 1.29 is 23.4 Å². The number of carbonyl (C=O) groups excluding carboxylic acids is 1. The van der Waals surface area contributed by atoms with Gasteiger partial charge in [0.25, 0.3) is 5.91 Å². The van der Waals surface area contributed by atoms with Gasteiger partial charge in [-0.2, -0.15) is 0 Å². The van der Waals surface area contributed by atoms with Gasteiger partial charge >= 0.3 is 0 Å². The van der Waals surface area contributed by atoms with E-state index in [0.717, 1.165) is 12.3 Å². The molecular formula is C11H15NO5S. The van der Waals surface area contributed by atoms with Crippen LogP contribution in [0.2, 0.25) is 0 Å². The first-order valence-corrected chi connectivity index (χ1v) is 7.22. The fraction of sp³-hybridized carbons (Fsp3) is 0.364. The fourth-order valence-electron chi connectivity index (χ4n) is 1.31. The molecule has 0 saturated carbocycles. The molecule has 1 aromatic rings. The standard InChI is InChI=1S/C11H15NO5S/c1-12(5-6-18(2,16)17)11(15)9-4-3-8(13)7-10(9)14/h3-4,7,13-14H,5-6H2,1-2H3. The molecule has 18 heavy (non-hydrogen) atoms. The lowest BCUT2D eigenvalue weighted by molar-refractivity contribution is 0.0800. The smallest absolute Gasteiger partial charge is 0.257 e. The summed E-state index contributed by atoms with van der Waals surface area (Å²) in [5, 5.41) is 18.6. The molecule has 0 atom stereocenters. The van der Waals surface area contributed by atoms with E-state index in [9.17, 15) is 18.3 Å². The highest BCUT2D eigenvalue weighted by Crippen LogP contribution is 2.23. The number of phenolic OH excluding ortho intramolecular Hbond substituents is 2. The molecule has 0 saturated heterocycles. The maximum absolute atomic E-state index is 11.9. The summed E-state index contributed by atoms with van der Waals surface area (Å²) >= 11 is 0. The summed E-state index contributed by atoms with van der Waals surface area (Å²) in [7, 11) is -1.70. The number of hydrogen-bond acceptors (Lipinski definition) is 5. The fourth-order valence-corrected chi connectivity index (χ4v) is 1.92. The summed E-state index contributed by atoms with van der Waals surface area (Å²) in [5.74, 6) is -1.14. The number of benzene rings is 1. The van der Waals surface area contributed by atoms with Crippen LogP contribution in [0.4, 0.5) is 0 Å². The lowest BCUT2D eigenvalue weighted by Crippen LogP contribution is -2.31. The third-order valence-electron chi connectivity index (χ3n) is 2.36. The van der Waals surface area contributed by atoms with E-state index in [1.165, 1.54) is 24.1 Å². The molecule has 0 aromatic heterocycles. The van der Waals surface area contributed by atoms with Crippen LogP contribution in [0.15, 0.2) is 18.2 Å². The van der Waals surface area contributed by atoms with Crippen LogP contribution in [0.1, 0.15) is 10.4 Å². The monoisotopic (exact) mass is 273 g/mol. The predicted molar refractivity (Wildman–Crippen MR) is 66.4 cm³/mol. The quantitative estimate of drug-likeness (QED) is 0.818. The first kappa shape index (κ1) is 14.3. The van der Waals surface area contributed by atoms with Crippen molar-refractivity contribution in [2.75, 3.05) is 25.6 Å². The largest absolute Gasteiger partial charge is 0.508 e. The van der Waals surface area contributed by atoms with Crippen molar-refractivity contribution in [1.29, 1.82) is 0 Å². The second-order valence-electron chi connectivity index (χ2n) is 4.06. The second kappa shape index (κ2) is 5.26. The predicted octanol–water partition coefficient (Wildman–Crippen LogP) is 0.214. The number of aromatic hydroxyl groups is 2. The molecule has 0 spiro atoms. The normalized spacial score (nSPS) is 11.2. The van der Waals surface area contributed by atoms with E-state index in [-0.39, 0.29) is 29.4 Å². The summed E-state index contributed by atoms with van der Waals surface area (Å²) in [6.45, 7) is 0.0397. The SMILES string of the molecule is CN(CCS(C)(=O)=O)C(=O)c1ccc(O)cc1O. The zero-order chi connectivity index (χ0) is 13.9. The summed E-state index contributed by atoms with van der Waals surface area (Å²) < 4.78 is 22.0. The van der Waals surface area contributed by atoms with Gasteiger partial charge in [-0.1, -0.05) is 0 Å². The van der Waals surface area contributed by atoms with Gasteiger partial charge in [-0.05, 0) is 12.1 Å². The molecule has 0 aliphatic heterocycles. The van der Waals surface area contributed by atoms with Gasteiger partial charge in [0.1, 0.15) is 21.3 Å². The van der Waals surface area contributed by atoms with Gasteiger partial charge in [-0.3, -0.25) is 4.79 Å². The van der Waals surface area contributed by atoms with Gasteiger partial charge in [0.05, 0.1) is 11.3 Å². The molecule has 0 unspecified atom stereocenters. The minimum atomic E-state index is -3.15. The van der Waals surface area contributed by atoms with E-state index in [4.69, 9.17) is 5.11 Å². The van der Waals surface area contributed by atoms with Crippen molar-refractivity contribution in [2.45, 2.75) is 0 Å². The van der Waals surface area contributed by atoms with E-state index < -0.39 is 15.7 Å². The molecule has 0 heterocycles. The van der Waals surface area contributed by atoms with Gasteiger partial charge in [0, 0.05) is 25.9 Å². The van der Waals surface area contributed by atoms with Crippen molar-refractivity contribution >= 4 is 15.7 Å². The zero-order valence-electron chi connectivity index (χ0n) is 10.1. The van der Waals surface area contributed by atoms with E-state index in [0.29, 0.717) is 0 Å². The summed E-state index contributed by atoms with van der Waals surface area (Å²) in [6.07, 6.45) is 1.09. The molecule has 7 heteroatoms. The van der Waals surface area contributed by atoms with Gasteiger partial charge in [-0.15, -0.1) is 0 Å². The molecule has 0 aliphatic rings. The van der Waals surface area contributed by atoms with Gasteiger partial charge < -0.3 is 15.1 Å². The molecule has 0 fully saturated rings. The van der Waals surface area contributed by atoms with E-state index >= 15 is 0 Å². The molecule has 1 rings (SSSR count). The van der Waals surface area contributed by atoms with Gasteiger partial charge in [0.15, 0.2) is 0 Å². The highest BCUT2D eigenvalue weighted by Gasteiger charge is 2.17. The molecule has 1 aromatic carbocycles. The van der Waals surface area contributed by atoms with Crippen LogP contribution < -0.4 is 0 Å². The van der Waals surface area contributed by atoms with Crippen molar-refractivity contribution in [3.63, 3.8) is 0 Å². The van der Waals surface area contributed by atoms with Crippen LogP contribution in [0, 0.1) is 0 Å². The topological polar surface area (TPSA) is 94.9 Å². The molecule has 1 amide bonds. The van der Waals surface area contributed by atoms with Crippen LogP contribution in [-0.2, 0) is 9.84 Å². The Bertz CT molecular complexity index is 553. The maximum Gasteiger partial charge on any atom is 0.257 e. The van der Waals surface area contributed by atoms with E-state index in [2.05, 4.69) is 0 Å². The molecule has 100 valence electrons. The third kappa shape index (κ3) is 3.92. The Morgan fingerprint density at radius 1 is 1.33 bits per heavy atom. The minimum absolute atomic E-state index is 0.0174. The number of sulfone groups is 1. The first-order chi connectivity index (χ1) is 8.20. The summed E-state index contributed by atoms with van der Waals surface area (Å²) in [6, 6.07) is 3.61. The maximum atomic E-state index is 11.9. The lowest BCUT2D eigenvalue weighted by Gasteiger charge is -2.17.